The molecule has 1 unspecified atom stereocenters. The first-order valence-electron chi connectivity index (χ1n) is 5.41. The number of nitrogens with zero attached hydrogens (tertiary/aromatic N) is 1. The van der Waals surface area contributed by atoms with Gasteiger partial charge in [0.05, 0.1) is 13.2 Å². The van der Waals surface area contributed by atoms with E-state index < -0.39 is 0 Å². The van der Waals surface area contributed by atoms with Crippen LogP contribution in [0.3, 0.4) is 0 Å². The zero-order valence-electron chi connectivity index (χ0n) is 9.55. The average molecular weight is 201 g/mol. The second kappa shape index (κ2) is 5.07. The average Bonchev–Trinajstić information content (AvgIpc) is 2.20. The van der Waals surface area contributed by atoms with Gasteiger partial charge in [0.15, 0.2) is 0 Å². The van der Waals surface area contributed by atoms with Crippen LogP contribution in [0.5, 0.6) is 0 Å². The van der Waals surface area contributed by atoms with E-state index in [1.165, 1.54) is 0 Å². The highest BCUT2D eigenvalue weighted by Gasteiger charge is 2.34. The largest absolute Gasteiger partial charge is 0.379 e. The zero-order chi connectivity index (χ0) is 10.6. The Morgan fingerprint density at radius 1 is 1.43 bits per heavy atom. The van der Waals surface area contributed by atoms with Crippen molar-refractivity contribution in [3.8, 4) is 0 Å². The predicted molar refractivity (Wildman–Crippen MR) is 57.9 cm³/mol. The van der Waals surface area contributed by atoms with Crippen LogP contribution >= 0.6 is 0 Å². The molecule has 0 radical (unpaired) electrons. The molecule has 0 spiro atoms. The summed E-state index contributed by atoms with van der Waals surface area (Å²) in [6.45, 7) is 10.3. The first-order chi connectivity index (χ1) is 6.62. The van der Waals surface area contributed by atoms with E-state index in [-0.39, 0.29) is 5.54 Å². The van der Waals surface area contributed by atoms with Crippen molar-refractivity contribution < 1.29 is 4.74 Å². The van der Waals surface area contributed by atoms with Crippen molar-refractivity contribution in [2.75, 3.05) is 26.3 Å². The topological polar surface area (TPSA) is 50.5 Å². The normalized spacial score (nSPS) is 22.3. The summed E-state index contributed by atoms with van der Waals surface area (Å²) in [5, 5.41) is 0. The molecule has 84 valence electrons. The summed E-state index contributed by atoms with van der Waals surface area (Å²) in [6.07, 6.45) is 1.04. The van der Waals surface area contributed by atoms with Gasteiger partial charge in [-0.3, -0.25) is 16.2 Å². The highest BCUT2D eigenvalue weighted by atomic mass is 16.5. The molecule has 1 heterocycles. The monoisotopic (exact) mass is 201 g/mol. The van der Waals surface area contributed by atoms with Gasteiger partial charge in [-0.05, 0) is 20.3 Å². The molecule has 4 heteroatoms. The molecule has 0 aliphatic carbocycles. The maximum absolute atomic E-state index is 5.57. The fourth-order valence-corrected chi connectivity index (χ4v) is 2.18. The number of hydrazine groups is 1. The molecule has 1 aliphatic heterocycles. The van der Waals surface area contributed by atoms with E-state index in [9.17, 15) is 0 Å². The molecule has 0 bridgehead atoms. The van der Waals surface area contributed by atoms with Crippen molar-refractivity contribution in [1.82, 2.24) is 10.3 Å². The summed E-state index contributed by atoms with van der Waals surface area (Å²) < 4.78 is 5.35. The highest BCUT2D eigenvalue weighted by molar-refractivity contribution is 4.92. The van der Waals surface area contributed by atoms with Gasteiger partial charge in [-0.1, -0.05) is 6.92 Å². The second-order valence-electron chi connectivity index (χ2n) is 4.38. The smallest absolute Gasteiger partial charge is 0.0594 e. The van der Waals surface area contributed by atoms with Crippen LogP contribution in [-0.2, 0) is 4.74 Å². The third kappa shape index (κ3) is 2.45. The van der Waals surface area contributed by atoms with Crippen LogP contribution in [-0.4, -0.2) is 42.8 Å². The predicted octanol–water partition coefficient (Wildman–Crippen LogP) is 0.339. The minimum Gasteiger partial charge on any atom is -0.379 e. The quantitative estimate of drug-likeness (QED) is 0.509. The van der Waals surface area contributed by atoms with Crippen LogP contribution in [0.1, 0.15) is 27.2 Å². The lowest BCUT2D eigenvalue weighted by Gasteiger charge is -2.45. The molecule has 3 N–H and O–H groups in total. The van der Waals surface area contributed by atoms with Gasteiger partial charge < -0.3 is 4.74 Å². The number of morpholine rings is 1. The Morgan fingerprint density at radius 3 is 2.43 bits per heavy atom. The molecule has 0 amide bonds. The van der Waals surface area contributed by atoms with E-state index in [0.29, 0.717) is 6.04 Å². The first kappa shape index (κ1) is 11.9. The van der Waals surface area contributed by atoms with E-state index in [1.54, 1.807) is 0 Å². The van der Waals surface area contributed by atoms with Crippen molar-refractivity contribution in [2.45, 2.75) is 38.8 Å². The summed E-state index contributed by atoms with van der Waals surface area (Å²) in [5.74, 6) is 5.57. The van der Waals surface area contributed by atoms with Crippen molar-refractivity contribution in [3.63, 3.8) is 0 Å². The van der Waals surface area contributed by atoms with E-state index in [4.69, 9.17) is 10.6 Å². The summed E-state index contributed by atoms with van der Waals surface area (Å²) in [5.41, 5.74) is 3.01. The number of ether oxygens (including phenoxy) is 1. The van der Waals surface area contributed by atoms with E-state index in [1.807, 2.05) is 0 Å². The van der Waals surface area contributed by atoms with Crippen LogP contribution in [0.4, 0.5) is 0 Å². The summed E-state index contributed by atoms with van der Waals surface area (Å²) >= 11 is 0. The second-order valence-corrected chi connectivity index (χ2v) is 4.38. The molecule has 1 atom stereocenters. The lowest BCUT2D eigenvalue weighted by atomic mass is 9.90. The lowest BCUT2D eigenvalue weighted by Crippen LogP contribution is -2.61. The van der Waals surface area contributed by atoms with E-state index in [0.717, 1.165) is 32.7 Å². The van der Waals surface area contributed by atoms with Gasteiger partial charge in [-0.25, -0.2) is 0 Å². The number of nitrogens with two attached hydrogens (primary N) is 1. The SMILES string of the molecule is CCC(NN)C(C)(C)N1CCOCC1. The molecule has 0 aromatic heterocycles. The van der Waals surface area contributed by atoms with Gasteiger partial charge in [0.1, 0.15) is 0 Å². The van der Waals surface area contributed by atoms with Crippen LogP contribution in [0, 0.1) is 0 Å². The summed E-state index contributed by atoms with van der Waals surface area (Å²) in [7, 11) is 0. The van der Waals surface area contributed by atoms with Gasteiger partial charge in [-0.15, -0.1) is 0 Å². The number of hydrogen-bond donors (Lipinski definition) is 2. The molecule has 0 aromatic carbocycles. The summed E-state index contributed by atoms with van der Waals surface area (Å²) in [6, 6.07) is 0.334. The van der Waals surface area contributed by atoms with Gasteiger partial charge in [0.2, 0.25) is 0 Å². The third-order valence-electron chi connectivity index (χ3n) is 3.29. The molecule has 1 saturated heterocycles. The molecule has 0 saturated carbocycles. The van der Waals surface area contributed by atoms with E-state index in [2.05, 4.69) is 31.1 Å². The highest BCUT2D eigenvalue weighted by Crippen LogP contribution is 2.21. The Hall–Kier alpha value is -0.160. The van der Waals surface area contributed by atoms with Gasteiger partial charge in [0, 0.05) is 24.7 Å². The molecule has 1 aliphatic rings. The van der Waals surface area contributed by atoms with Crippen molar-refractivity contribution in [3.05, 3.63) is 0 Å². The van der Waals surface area contributed by atoms with Crippen LogP contribution in [0.25, 0.3) is 0 Å². The lowest BCUT2D eigenvalue weighted by molar-refractivity contribution is -0.0238. The molecule has 14 heavy (non-hydrogen) atoms. The Kier molecular flexibility index (Phi) is 4.31. The standard InChI is InChI=1S/C10H23N3O/c1-4-9(12-11)10(2,3)13-5-7-14-8-6-13/h9,12H,4-8,11H2,1-3H3. The molecule has 4 nitrogen and oxygen atoms in total. The van der Waals surface area contributed by atoms with Gasteiger partial charge in [-0.2, -0.15) is 0 Å². The molecular formula is C10H23N3O. The van der Waals surface area contributed by atoms with Gasteiger partial charge in [0.25, 0.3) is 0 Å². The van der Waals surface area contributed by atoms with Crippen molar-refractivity contribution in [2.24, 2.45) is 5.84 Å². The number of hydrogen-bond acceptors (Lipinski definition) is 4. The summed E-state index contributed by atoms with van der Waals surface area (Å²) in [4.78, 5) is 2.45. The maximum Gasteiger partial charge on any atom is 0.0594 e. The number of nitrogens with one attached hydrogen (secondary N) is 1. The zero-order valence-corrected chi connectivity index (χ0v) is 9.55. The van der Waals surface area contributed by atoms with Crippen molar-refractivity contribution >= 4 is 0 Å². The molecular weight excluding hydrogens is 178 g/mol. The van der Waals surface area contributed by atoms with Crippen molar-refractivity contribution in [1.29, 1.82) is 0 Å². The Morgan fingerprint density at radius 2 is 2.00 bits per heavy atom. The molecule has 1 fully saturated rings. The first-order valence-corrected chi connectivity index (χ1v) is 5.41. The maximum atomic E-state index is 5.57. The minimum atomic E-state index is 0.104. The molecule has 1 rings (SSSR count). The van der Waals surface area contributed by atoms with Crippen LogP contribution in [0.15, 0.2) is 0 Å². The fraction of sp³-hybridized carbons (Fsp3) is 1.00. The van der Waals surface area contributed by atoms with Crippen LogP contribution < -0.4 is 11.3 Å². The Balaban J connectivity index is 2.60. The third-order valence-corrected chi connectivity index (χ3v) is 3.29. The number of rotatable bonds is 4. The Bertz CT molecular complexity index is 163. The Labute approximate surface area is 86.8 Å². The van der Waals surface area contributed by atoms with E-state index >= 15 is 0 Å². The van der Waals surface area contributed by atoms with Crippen LogP contribution in [0.2, 0.25) is 0 Å². The van der Waals surface area contributed by atoms with Gasteiger partial charge >= 0.3 is 0 Å². The minimum absolute atomic E-state index is 0.104. The fourth-order valence-electron chi connectivity index (χ4n) is 2.18. The molecule has 0 aromatic rings.